The summed E-state index contributed by atoms with van der Waals surface area (Å²) in [6, 6.07) is 8.99. The van der Waals surface area contributed by atoms with Crippen molar-refractivity contribution in [3.05, 3.63) is 47.5 Å². The molecule has 0 bridgehead atoms. The van der Waals surface area contributed by atoms with Gasteiger partial charge in [0.1, 0.15) is 5.75 Å². The summed E-state index contributed by atoms with van der Waals surface area (Å²) >= 11 is 0. The van der Waals surface area contributed by atoms with Gasteiger partial charge in [0.05, 0.1) is 11.3 Å². The van der Waals surface area contributed by atoms with Crippen LogP contribution in [0.15, 0.2) is 36.4 Å². The van der Waals surface area contributed by atoms with Gasteiger partial charge in [-0.2, -0.15) is 0 Å². The SMILES string of the molecule is CCN(C(=O)c1cccc(O)c1O)c1cc(O)ccc1C. The summed E-state index contributed by atoms with van der Waals surface area (Å²) in [6.07, 6.45) is 0. The molecule has 1 amide bonds. The highest BCUT2D eigenvalue weighted by atomic mass is 16.3. The molecule has 0 aliphatic carbocycles. The lowest BCUT2D eigenvalue weighted by molar-refractivity contribution is 0.0985. The molecule has 0 aliphatic rings. The number of amides is 1. The van der Waals surface area contributed by atoms with Gasteiger partial charge in [-0.05, 0) is 37.6 Å². The van der Waals surface area contributed by atoms with E-state index in [1.54, 1.807) is 19.1 Å². The monoisotopic (exact) mass is 287 g/mol. The van der Waals surface area contributed by atoms with Gasteiger partial charge in [0, 0.05) is 12.6 Å². The Hall–Kier alpha value is -2.69. The lowest BCUT2D eigenvalue weighted by Gasteiger charge is -2.23. The zero-order chi connectivity index (χ0) is 15.6. The van der Waals surface area contributed by atoms with Crippen LogP contribution in [0.1, 0.15) is 22.8 Å². The lowest BCUT2D eigenvalue weighted by Crippen LogP contribution is -2.31. The van der Waals surface area contributed by atoms with E-state index in [0.29, 0.717) is 12.2 Å². The number of anilines is 1. The molecule has 0 fully saturated rings. The molecule has 2 aromatic carbocycles. The minimum absolute atomic E-state index is 0.0135. The number of benzene rings is 2. The molecule has 5 nitrogen and oxygen atoms in total. The third-order valence-corrected chi connectivity index (χ3v) is 3.29. The van der Waals surface area contributed by atoms with E-state index < -0.39 is 11.7 Å². The van der Waals surface area contributed by atoms with Crippen molar-refractivity contribution in [2.45, 2.75) is 13.8 Å². The van der Waals surface area contributed by atoms with Gasteiger partial charge in [-0.15, -0.1) is 0 Å². The summed E-state index contributed by atoms with van der Waals surface area (Å²) in [5, 5.41) is 29.0. The van der Waals surface area contributed by atoms with Gasteiger partial charge in [-0.3, -0.25) is 4.79 Å². The molecule has 0 saturated heterocycles. The number of phenolic OH excluding ortho intramolecular Hbond substituents is 3. The Bertz CT molecular complexity index is 682. The van der Waals surface area contributed by atoms with Crippen molar-refractivity contribution in [3.63, 3.8) is 0 Å². The van der Waals surface area contributed by atoms with Crippen LogP contribution in [-0.4, -0.2) is 27.8 Å². The van der Waals surface area contributed by atoms with Crippen molar-refractivity contribution in [1.82, 2.24) is 0 Å². The molecule has 0 heterocycles. The Morgan fingerprint density at radius 3 is 2.52 bits per heavy atom. The van der Waals surface area contributed by atoms with E-state index in [2.05, 4.69) is 0 Å². The maximum Gasteiger partial charge on any atom is 0.262 e. The third-order valence-electron chi connectivity index (χ3n) is 3.29. The average molecular weight is 287 g/mol. The van der Waals surface area contributed by atoms with E-state index in [4.69, 9.17) is 0 Å². The quantitative estimate of drug-likeness (QED) is 0.758. The standard InChI is InChI=1S/C16H17NO4/c1-3-17(13-9-11(18)8-7-10(13)2)16(21)12-5-4-6-14(19)15(12)20/h4-9,18-20H,3H2,1-2H3. The van der Waals surface area contributed by atoms with E-state index in [1.807, 2.05) is 6.92 Å². The lowest BCUT2D eigenvalue weighted by atomic mass is 10.1. The fourth-order valence-corrected chi connectivity index (χ4v) is 2.16. The maximum atomic E-state index is 12.6. The second-order valence-corrected chi connectivity index (χ2v) is 4.69. The summed E-state index contributed by atoms with van der Waals surface area (Å²) in [6.45, 7) is 3.98. The predicted molar refractivity (Wildman–Crippen MR) is 80.0 cm³/mol. The number of hydrogen-bond donors (Lipinski definition) is 3. The highest BCUT2D eigenvalue weighted by molar-refractivity contribution is 6.08. The highest BCUT2D eigenvalue weighted by Gasteiger charge is 2.22. The molecule has 0 aliphatic heterocycles. The first-order valence-corrected chi connectivity index (χ1v) is 6.58. The number of aryl methyl sites for hydroxylation is 1. The van der Waals surface area contributed by atoms with Gasteiger partial charge in [-0.25, -0.2) is 0 Å². The van der Waals surface area contributed by atoms with E-state index in [0.717, 1.165) is 5.56 Å². The molecule has 0 unspecified atom stereocenters. The third kappa shape index (κ3) is 2.76. The van der Waals surface area contributed by atoms with Crippen LogP contribution in [0.2, 0.25) is 0 Å². The molecular formula is C16H17NO4. The summed E-state index contributed by atoms with van der Waals surface area (Å²) in [4.78, 5) is 14.0. The summed E-state index contributed by atoms with van der Waals surface area (Å²) in [7, 11) is 0. The van der Waals surface area contributed by atoms with Crippen molar-refractivity contribution < 1.29 is 20.1 Å². The second-order valence-electron chi connectivity index (χ2n) is 4.69. The normalized spacial score (nSPS) is 10.4. The zero-order valence-electron chi connectivity index (χ0n) is 11.9. The van der Waals surface area contributed by atoms with Gasteiger partial charge < -0.3 is 20.2 Å². The van der Waals surface area contributed by atoms with Gasteiger partial charge in [0.25, 0.3) is 5.91 Å². The number of phenols is 3. The number of rotatable bonds is 3. The summed E-state index contributed by atoms with van der Waals surface area (Å²) < 4.78 is 0. The molecule has 21 heavy (non-hydrogen) atoms. The molecule has 0 radical (unpaired) electrons. The molecule has 2 aromatic rings. The molecule has 110 valence electrons. The molecule has 0 atom stereocenters. The Morgan fingerprint density at radius 2 is 1.86 bits per heavy atom. The van der Waals surface area contributed by atoms with Gasteiger partial charge in [-0.1, -0.05) is 12.1 Å². The van der Waals surface area contributed by atoms with Crippen molar-refractivity contribution in [2.75, 3.05) is 11.4 Å². The predicted octanol–water partition coefficient (Wildman–Crippen LogP) is 2.78. The largest absolute Gasteiger partial charge is 0.508 e. The second kappa shape index (κ2) is 5.75. The van der Waals surface area contributed by atoms with Crippen LogP contribution >= 0.6 is 0 Å². The first kappa shape index (κ1) is 14.7. The number of carbonyl (C=O) groups is 1. The molecule has 2 rings (SSSR count). The highest BCUT2D eigenvalue weighted by Crippen LogP contribution is 2.32. The van der Waals surface area contributed by atoms with E-state index in [-0.39, 0.29) is 17.1 Å². The average Bonchev–Trinajstić information content (AvgIpc) is 2.46. The number of aromatic hydroxyl groups is 3. The van der Waals surface area contributed by atoms with E-state index >= 15 is 0 Å². The van der Waals surface area contributed by atoms with Crippen molar-refractivity contribution >= 4 is 11.6 Å². The zero-order valence-corrected chi connectivity index (χ0v) is 11.9. The fourth-order valence-electron chi connectivity index (χ4n) is 2.16. The topological polar surface area (TPSA) is 81.0 Å². The van der Waals surface area contributed by atoms with Crippen LogP contribution in [0, 0.1) is 6.92 Å². The first-order chi connectivity index (χ1) is 9.95. The molecule has 0 saturated carbocycles. The van der Waals surface area contributed by atoms with Crippen LogP contribution in [-0.2, 0) is 0 Å². The smallest absolute Gasteiger partial charge is 0.262 e. The van der Waals surface area contributed by atoms with Crippen molar-refractivity contribution in [1.29, 1.82) is 0 Å². The van der Waals surface area contributed by atoms with Gasteiger partial charge >= 0.3 is 0 Å². The minimum atomic E-state index is -0.446. The molecule has 3 N–H and O–H groups in total. The van der Waals surface area contributed by atoms with Crippen LogP contribution in [0.25, 0.3) is 0 Å². The van der Waals surface area contributed by atoms with Crippen molar-refractivity contribution in [3.8, 4) is 17.2 Å². The van der Waals surface area contributed by atoms with Gasteiger partial charge in [0.2, 0.25) is 0 Å². The number of carbonyl (C=O) groups excluding carboxylic acids is 1. The minimum Gasteiger partial charge on any atom is -0.508 e. The summed E-state index contributed by atoms with van der Waals surface area (Å²) in [5.74, 6) is -1.18. The fraction of sp³-hybridized carbons (Fsp3) is 0.188. The van der Waals surface area contributed by atoms with Crippen LogP contribution in [0.4, 0.5) is 5.69 Å². The number of hydrogen-bond acceptors (Lipinski definition) is 4. The van der Waals surface area contributed by atoms with Gasteiger partial charge in [0.15, 0.2) is 11.5 Å². The van der Waals surface area contributed by atoms with E-state index in [1.165, 1.54) is 29.2 Å². The van der Waals surface area contributed by atoms with Crippen LogP contribution in [0.5, 0.6) is 17.2 Å². The molecule has 5 heteroatoms. The number of para-hydroxylation sites is 1. The van der Waals surface area contributed by atoms with Crippen LogP contribution in [0.3, 0.4) is 0 Å². The Kier molecular flexibility index (Phi) is 4.03. The number of nitrogens with zero attached hydrogens (tertiary/aromatic N) is 1. The molecule has 0 aromatic heterocycles. The first-order valence-electron chi connectivity index (χ1n) is 6.58. The Morgan fingerprint density at radius 1 is 1.14 bits per heavy atom. The molecule has 0 spiro atoms. The van der Waals surface area contributed by atoms with Crippen LogP contribution < -0.4 is 4.90 Å². The Labute approximate surface area is 122 Å². The summed E-state index contributed by atoms with van der Waals surface area (Å²) in [5.41, 5.74) is 1.40. The van der Waals surface area contributed by atoms with E-state index in [9.17, 15) is 20.1 Å². The van der Waals surface area contributed by atoms with Crippen molar-refractivity contribution in [2.24, 2.45) is 0 Å². The maximum absolute atomic E-state index is 12.6. The Balaban J connectivity index is 2.48. The molecular weight excluding hydrogens is 270 g/mol.